The highest BCUT2D eigenvalue weighted by Crippen LogP contribution is 2.26. The number of carbonyl (C=O) groups excluding carboxylic acids is 3. The van der Waals surface area contributed by atoms with Gasteiger partial charge in [-0.25, -0.2) is 4.79 Å². The minimum absolute atomic E-state index is 0.0636. The van der Waals surface area contributed by atoms with E-state index in [9.17, 15) is 34.5 Å². The van der Waals surface area contributed by atoms with Gasteiger partial charge in [-0.2, -0.15) is 0 Å². The van der Waals surface area contributed by atoms with Crippen molar-refractivity contribution in [3.63, 3.8) is 0 Å². The lowest BCUT2D eigenvalue weighted by Gasteiger charge is -2.40. The molecule has 0 amide bonds. The fraction of sp³-hybridized carbons (Fsp3) is 0.803. The molecule has 0 radical (unpaired) electrons. The number of aliphatic hydroxyl groups excluding tert-OH is 2. The third-order valence-corrected chi connectivity index (χ3v) is 13.4. The monoisotopic (exact) mass is 1030 g/mol. The number of hydrogen-bond donors (Lipinski definition) is 3. The van der Waals surface area contributed by atoms with Gasteiger partial charge in [0.2, 0.25) is 0 Å². The molecule has 1 aliphatic heterocycles. The van der Waals surface area contributed by atoms with Gasteiger partial charge in [0.05, 0.1) is 6.61 Å². The number of carboxylic acid groups (broad SMARTS) is 1. The maximum Gasteiger partial charge on any atom is 0.335 e. The number of carbonyl (C=O) groups is 4. The number of ether oxygens (including phenoxy) is 5. The number of carboxylic acids is 1. The minimum atomic E-state index is -1.90. The molecule has 3 N–H and O–H groups in total. The van der Waals surface area contributed by atoms with E-state index < -0.39 is 67.3 Å². The maximum atomic E-state index is 13.1. The molecule has 1 rings (SSSR count). The molecule has 0 spiro atoms. The number of rotatable bonds is 50. The Morgan fingerprint density at radius 1 is 0.466 bits per heavy atom. The number of hydrogen-bond acceptors (Lipinski definition) is 11. The Hall–Kier alpha value is -3.32. The fourth-order valence-corrected chi connectivity index (χ4v) is 8.89. The quantitative estimate of drug-likeness (QED) is 0.0228. The highest BCUT2D eigenvalue weighted by atomic mass is 16.7. The number of aliphatic carboxylic acids is 1. The molecule has 1 aliphatic rings. The molecule has 422 valence electrons. The van der Waals surface area contributed by atoms with Crippen molar-refractivity contribution in [3.05, 3.63) is 48.6 Å². The lowest BCUT2D eigenvalue weighted by Crippen LogP contribution is -2.61. The number of aliphatic hydroxyl groups is 2. The normalized spacial score (nSPS) is 18.6. The highest BCUT2D eigenvalue weighted by Gasteiger charge is 2.50. The van der Waals surface area contributed by atoms with Crippen molar-refractivity contribution in [2.45, 2.75) is 302 Å². The summed E-state index contributed by atoms with van der Waals surface area (Å²) in [6, 6.07) is 0. The molecule has 1 saturated heterocycles. The summed E-state index contributed by atoms with van der Waals surface area (Å²) in [5.74, 6) is -3.12. The van der Waals surface area contributed by atoms with Crippen LogP contribution in [0.2, 0.25) is 0 Å². The third-order valence-electron chi connectivity index (χ3n) is 13.4. The molecule has 0 aromatic carbocycles. The maximum absolute atomic E-state index is 13.1. The van der Waals surface area contributed by atoms with E-state index in [0.29, 0.717) is 19.3 Å². The second-order valence-electron chi connectivity index (χ2n) is 20.3. The summed E-state index contributed by atoms with van der Waals surface area (Å²) in [4.78, 5) is 51.0. The molecule has 0 aliphatic carbocycles. The molecular formula is C61H106O12. The largest absolute Gasteiger partial charge is 0.479 e. The standard InChI is InChI=1S/C61H106O12/c1-4-7-10-13-16-19-22-24-25-26-27-28-29-31-33-35-38-41-44-47-53(62)69-50-52(71-54(63)48-45-42-39-36-32-21-18-15-12-9-6-3)51-70-61-59(57(66)56(65)58(73-61)60(67)68)72-55(64)49-46-43-40-37-34-30-23-20-17-14-11-8-5-2/h7,10,16,19,24-25,27-28,52,56-59,61,65-66H,4-6,8-9,11-15,17-18,20-23,26,29-51H2,1-3H3,(H,67,68)/b10-7-,19-16-,25-24-,28-27-. The van der Waals surface area contributed by atoms with Crippen LogP contribution in [0.25, 0.3) is 0 Å². The van der Waals surface area contributed by atoms with Gasteiger partial charge < -0.3 is 39.0 Å². The Kier molecular flexibility index (Phi) is 45.9. The topological polar surface area (TPSA) is 175 Å². The first-order valence-electron chi connectivity index (χ1n) is 29.6. The van der Waals surface area contributed by atoms with Gasteiger partial charge in [0.1, 0.15) is 18.8 Å². The fourth-order valence-electron chi connectivity index (χ4n) is 8.89. The van der Waals surface area contributed by atoms with Crippen LogP contribution in [0.4, 0.5) is 0 Å². The molecule has 6 unspecified atom stereocenters. The average molecular weight is 1030 g/mol. The summed E-state index contributed by atoms with van der Waals surface area (Å²) in [6.45, 7) is 5.87. The molecule has 1 fully saturated rings. The van der Waals surface area contributed by atoms with E-state index in [4.69, 9.17) is 23.7 Å². The lowest BCUT2D eigenvalue weighted by atomic mass is 9.98. The SMILES string of the molecule is CC/C=C\C/C=C\C/C=C\C/C=C\CCCCCCCCC(=O)OCC(COC1OC(C(=O)O)C(O)C(O)C1OC(=O)CCCCCCCCCCCCCCC)OC(=O)CCCCCCCCCCCCC. The van der Waals surface area contributed by atoms with Crippen molar-refractivity contribution in [3.8, 4) is 0 Å². The molecule has 0 saturated carbocycles. The zero-order valence-corrected chi connectivity index (χ0v) is 46.4. The summed E-state index contributed by atoms with van der Waals surface area (Å²) in [5.41, 5.74) is 0. The smallest absolute Gasteiger partial charge is 0.335 e. The van der Waals surface area contributed by atoms with Crippen LogP contribution in [0.1, 0.15) is 265 Å². The van der Waals surface area contributed by atoms with E-state index in [1.54, 1.807) is 0 Å². The molecule has 12 nitrogen and oxygen atoms in total. The van der Waals surface area contributed by atoms with E-state index in [-0.39, 0.29) is 25.9 Å². The van der Waals surface area contributed by atoms with Crippen molar-refractivity contribution in [1.29, 1.82) is 0 Å². The molecule has 12 heteroatoms. The van der Waals surface area contributed by atoms with Gasteiger partial charge in [-0.3, -0.25) is 14.4 Å². The zero-order valence-electron chi connectivity index (χ0n) is 46.4. The molecule has 1 heterocycles. The van der Waals surface area contributed by atoms with Crippen LogP contribution in [0.5, 0.6) is 0 Å². The van der Waals surface area contributed by atoms with Crippen LogP contribution in [-0.4, -0.2) is 89.2 Å². The van der Waals surface area contributed by atoms with E-state index in [0.717, 1.165) is 109 Å². The predicted octanol–water partition coefficient (Wildman–Crippen LogP) is 15.0. The number of esters is 3. The number of allylic oxidation sites excluding steroid dienone is 8. The van der Waals surface area contributed by atoms with Crippen LogP contribution >= 0.6 is 0 Å². The van der Waals surface area contributed by atoms with Crippen molar-refractivity contribution in [2.24, 2.45) is 0 Å². The Morgan fingerprint density at radius 3 is 1.32 bits per heavy atom. The molecule has 73 heavy (non-hydrogen) atoms. The van der Waals surface area contributed by atoms with Gasteiger partial charge in [0.15, 0.2) is 24.6 Å². The Balaban J connectivity index is 2.66. The third kappa shape index (κ3) is 39.7. The summed E-state index contributed by atoms with van der Waals surface area (Å²) >= 11 is 0. The summed E-state index contributed by atoms with van der Waals surface area (Å²) < 4.78 is 28.4. The van der Waals surface area contributed by atoms with Crippen LogP contribution in [-0.2, 0) is 42.9 Å². The number of unbranched alkanes of at least 4 members (excludes halogenated alkanes) is 28. The molecule has 6 atom stereocenters. The van der Waals surface area contributed by atoms with E-state index in [1.807, 2.05) is 0 Å². The van der Waals surface area contributed by atoms with Gasteiger partial charge in [0, 0.05) is 19.3 Å². The molecule has 0 aromatic heterocycles. The lowest BCUT2D eigenvalue weighted by molar-refractivity contribution is -0.301. The summed E-state index contributed by atoms with van der Waals surface area (Å²) in [7, 11) is 0. The molecule has 0 bridgehead atoms. The van der Waals surface area contributed by atoms with Gasteiger partial charge in [-0.15, -0.1) is 0 Å². The Labute approximate surface area is 443 Å². The molecular weight excluding hydrogens is 925 g/mol. The summed E-state index contributed by atoms with van der Waals surface area (Å²) in [6.07, 6.45) is 46.5. The van der Waals surface area contributed by atoms with E-state index in [2.05, 4.69) is 69.4 Å². The van der Waals surface area contributed by atoms with Crippen LogP contribution < -0.4 is 0 Å². The minimum Gasteiger partial charge on any atom is -0.479 e. The van der Waals surface area contributed by atoms with Gasteiger partial charge >= 0.3 is 23.9 Å². The van der Waals surface area contributed by atoms with Crippen molar-refractivity contribution in [1.82, 2.24) is 0 Å². The van der Waals surface area contributed by atoms with Gasteiger partial charge in [0.25, 0.3) is 0 Å². The van der Waals surface area contributed by atoms with Gasteiger partial charge in [-0.1, -0.05) is 236 Å². The Bertz CT molecular complexity index is 1460. The summed E-state index contributed by atoms with van der Waals surface area (Å²) in [5, 5.41) is 31.4. The second-order valence-corrected chi connectivity index (χ2v) is 20.3. The first kappa shape index (κ1) is 67.7. The van der Waals surface area contributed by atoms with E-state index in [1.165, 1.54) is 96.3 Å². The first-order chi connectivity index (χ1) is 35.6. The highest BCUT2D eigenvalue weighted by molar-refractivity contribution is 5.74. The average Bonchev–Trinajstić information content (AvgIpc) is 3.37. The zero-order chi connectivity index (χ0) is 53.3. The predicted molar refractivity (Wildman–Crippen MR) is 294 cm³/mol. The van der Waals surface area contributed by atoms with Gasteiger partial charge in [-0.05, 0) is 57.8 Å². The van der Waals surface area contributed by atoms with Crippen LogP contribution in [0, 0.1) is 0 Å². The Morgan fingerprint density at radius 2 is 0.863 bits per heavy atom. The van der Waals surface area contributed by atoms with Crippen molar-refractivity contribution in [2.75, 3.05) is 13.2 Å². The van der Waals surface area contributed by atoms with Crippen molar-refractivity contribution < 1.29 is 58.2 Å². The van der Waals surface area contributed by atoms with Crippen LogP contribution in [0.3, 0.4) is 0 Å². The second kappa shape index (κ2) is 49.6. The first-order valence-corrected chi connectivity index (χ1v) is 29.6. The van der Waals surface area contributed by atoms with E-state index >= 15 is 0 Å². The van der Waals surface area contributed by atoms with Crippen molar-refractivity contribution >= 4 is 23.9 Å². The van der Waals surface area contributed by atoms with Crippen LogP contribution in [0.15, 0.2) is 48.6 Å². The molecule has 0 aromatic rings.